The lowest BCUT2D eigenvalue weighted by molar-refractivity contribution is 0.0717. The fourth-order valence-corrected chi connectivity index (χ4v) is 5.80. The Labute approximate surface area is 185 Å². The van der Waals surface area contributed by atoms with Crippen molar-refractivity contribution in [1.82, 2.24) is 19.4 Å². The maximum atomic E-state index is 13.2. The minimum absolute atomic E-state index is 0.0707. The molecular formula is C21H33ClN4O3S. The predicted octanol–water partition coefficient (Wildman–Crippen LogP) is 1.89. The quantitative estimate of drug-likeness (QED) is 0.646. The number of hydrogen-bond donors (Lipinski definition) is 1. The van der Waals surface area contributed by atoms with Crippen molar-refractivity contribution in [2.45, 2.75) is 32.2 Å². The Kier molecular flexibility index (Phi) is 8.53. The van der Waals surface area contributed by atoms with Crippen LogP contribution >= 0.6 is 11.6 Å². The van der Waals surface area contributed by atoms with Crippen LogP contribution in [0.3, 0.4) is 0 Å². The van der Waals surface area contributed by atoms with Gasteiger partial charge in [-0.3, -0.25) is 9.69 Å². The average Bonchev–Trinajstić information content (AvgIpc) is 2.75. The zero-order chi connectivity index (χ0) is 21.6. The van der Waals surface area contributed by atoms with Gasteiger partial charge in [0, 0.05) is 51.9 Å². The number of carbonyl (C=O) groups excluding carboxylic acids is 1. The highest BCUT2D eigenvalue weighted by molar-refractivity contribution is 7.89. The Morgan fingerprint density at radius 3 is 2.60 bits per heavy atom. The summed E-state index contributed by atoms with van der Waals surface area (Å²) in [7, 11) is -3.41. The summed E-state index contributed by atoms with van der Waals surface area (Å²) in [5.41, 5.74) is 0.422. The van der Waals surface area contributed by atoms with E-state index in [4.69, 9.17) is 11.6 Å². The van der Waals surface area contributed by atoms with Crippen LogP contribution in [-0.4, -0.2) is 92.6 Å². The van der Waals surface area contributed by atoms with E-state index >= 15 is 0 Å². The van der Waals surface area contributed by atoms with Crippen LogP contribution in [0.5, 0.6) is 0 Å². The number of amides is 1. The smallest absolute Gasteiger partial charge is 0.255 e. The number of nitrogens with zero attached hydrogens (tertiary/aromatic N) is 3. The Balaban J connectivity index is 1.69. The molecule has 0 unspecified atom stereocenters. The number of hydrogen-bond acceptors (Lipinski definition) is 5. The van der Waals surface area contributed by atoms with Gasteiger partial charge in [0.1, 0.15) is 0 Å². The molecule has 168 valence electrons. The molecule has 0 bridgehead atoms. The van der Waals surface area contributed by atoms with Crippen LogP contribution in [-0.2, 0) is 10.0 Å². The average molecular weight is 457 g/mol. The van der Waals surface area contributed by atoms with Gasteiger partial charge < -0.3 is 10.2 Å². The minimum atomic E-state index is -3.41. The second-order valence-corrected chi connectivity index (χ2v) is 10.6. The normalized spacial score (nSPS) is 21.5. The second-order valence-electron chi connectivity index (χ2n) is 8.12. The molecule has 2 heterocycles. The first-order chi connectivity index (χ1) is 14.4. The van der Waals surface area contributed by atoms with Gasteiger partial charge in [-0.2, -0.15) is 4.31 Å². The number of piperidine rings is 1. The van der Waals surface area contributed by atoms with Gasteiger partial charge in [-0.1, -0.05) is 30.2 Å². The Bertz CT molecular complexity index is 814. The van der Waals surface area contributed by atoms with Crippen LogP contribution in [0.15, 0.2) is 24.3 Å². The highest BCUT2D eigenvalue weighted by Crippen LogP contribution is 2.19. The van der Waals surface area contributed by atoms with Crippen molar-refractivity contribution in [1.29, 1.82) is 0 Å². The summed E-state index contributed by atoms with van der Waals surface area (Å²) >= 11 is 6.26. The third-order valence-corrected chi connectivity index (χ3v) is 8.26. The number of nitrogens with one attached hydrogen (secondary N) is 1. The molecule has 0 aromatic heterocycles. The zero-order valence-electron chi connectivity index (χ0n) is 17.7. The summed E-state index contributed by atoms with van der Waals surface area (Å²) in [6.45, 7) is 6.92. The number of sulfonamides is 1. The van der Waals surface area contributed by atoms with E-state index in [0.29, 0.717) is 49.4 Å². The number of halogens is 1. The summed E-state index contributed by atoms with van der Waals surface area (Å²) in [6, 6.07) is 7.44. The zero-order valence-corrected chi connectivity index (χ0v) is 19.3. The molecular weight excluding hydrogens is 424 g/mol. The maximum absolute atomic E-state index is 13.2. The van der Waals surface area contributed by atoms with Gasteiger partial charge in [0.2, 0.25) is 10.0 Å². The number of piperazine rings is 1. The van der Waals surface area contributed by atoms with E-state index in [2.05, 4.69) is 17.1 Å². The first-order valence-corrected chi connectivity index (χ1v) is 12.8. The van der Waals surface area contributed by atoms with Gasteiger partial charge in [0.25, 0.3) is 5.91 Å². The van der Waals surface area contributed by atoms with Crippen molar-refractivity contribution < 1.29 is 13.2 Å². The van der Waals surface area contributed by atoms with Gasteiger partial charge in [-0.05, 0) is 38.4 Å². The standard InChI is InChI=1S/C21H33ClN4O3S/c1-18-6-4-5-11-24(18)14-15-25(21(27)19-7-2-3-8-20(19)22)16-17-30(28,29)26-12-9-23-10-13-26/h2-3,7-8,18,23H,4-6,9-17H2,1H3/t18-/m1/s1. The molecule has 9 heteroatoms. The third kappa shape index (κ3) is 6.17. The number of benzene rings is 1. The second kappa shape index (κ2) is 10.9. The molecule has 7 nitrogen and oxygen atoms in total. The molecule has 2 saturated heterocycles. The van der Waals surface area contributed by atoms with Crippen molar-refractivity contribution in [2.24, 2.45) is 0 Å². The Hall–Kier alpha value is -1.19. The van der Waals surface area contributed by atoms with Gasteiger partial charge in [0.15, 0.2) is 0 Å². The molecule has 1 aromatic carbocycles. The van der Waals surface area contributed by atoms with E-state index < -0.39 is 10.0 Å². The molecule has 2 fully saturated rings. The maximum Gasteiger partial charge on any atom is 0.255 e. The van der Waals surface area contributed by atoms with Gasteiger partial charge in [-0.15, -0.1) is 0 Å². The van der Waals surface area contributed by atoms with Crippen LogP contribution in [0.1, 0.15) is 36.5 Å². The molecule has 0 radical (unpaired) electrons. The monoisotopic (exact) mass is 456 g/mol. The van der Waals surface area contributed by atoms with Crippen molar-refractivity contribution in [3.8, 4) is 0 Å². The van der Waals surface area contributed by atoms with Crippen LogP contribution in [0.2, 0.25) is 5.02 Å². The lowest BCUT2D eigenvalue weighted by Gasteiger charge is -2.35. The predicted molar refractivity (Wildman–Crippen MR) is 120 cm³/mol. The fourth-order valence-electron chi connectivity index (χ4n) is 4.14. The molecule has 1 aromatic rings. The molecule has 1 N–H and O–H groups in total. The molecule has 30 heavy (non-hydrogen) atoms. The summed E-state index contributed by atoms with van der Waals surface area (Å²) in [5.74, 6) is -0.278. The molecule has 2 aliphatic heterocycles. The van der Waals surface area contributed by atoms with Crippen molar-refractivity contribution in [2.75, 3.05) is 58.1 Å². The van der Waals surface area contributed by atoms with Crippen molar-refractivity contribution in [3.63, 3.8) is 0 Å². The Morgan fingerprint density at radius 2 is 1.90 bits per heavy atom. The van der Waals surface area contributed by atoms with Gasteiger partial charge in [-0.25, -0.2) is 8.42 Å². The number of carbonyl (C=O) groups is 1. The van der Waals surface area contributed by atoms with Crippen LogP contribution in [0.4, 0.5) is 0 Å². The molecule has 0 spiro atoms. The topological polar surface area (TPSA) is 73.0 Å². The van der Waals surface area contributed by atoms with Crippen molar-refractivity contribution >= 4 is 27.5 Å². The lowest BCUT2D eigenvalue weighted by atomic mass is 10.0. The first kappa shape index (κ1) is 23.5. The fraction of sp³-hybridized carbons (Fsp3) is 0.667. The SMILES string of the molecule is C[C@@H]1CCCCN1CCN(CCS(=O)(=O)N1CCNCC1)C(=O)c1ccccc1Cl. The van der Waals surface area contributed by atoms with Crippen LogP contribution in [0, 0.1) is 0 Å². The van der Waals surface area contributed by atoms with Crippen LogP contribution < -0.4 is 5.32 Å². The Morgan fingerprint density at radius 1 is 1.17 bits per heavy atom. The minimum Gasteiger partial charge on any atom is -0.336 e. The van der Waals surface area contributed by atoms with Gasteiger partial charge in [0.05, 0.1) is 16.3 Å². The summed E-state index contributed by atoms with van der Waals surface area (Å²) < 4.78 is 27.1. The lowest BCUT2D eigenvalue weighted by Crippen LogP contribution is -2.49. The van der Waals surface area contributed by atoms with Gasteiger partial charge >= 0.3 is 0 Å². The van der Waals surface area contributed by atoms with E-state index in [1.165, 1.54) is 17.1 Å². The van der Waals surface area contributed by atoms with E-state index in [1.54, 1.807) is 29.2 Å². The van der Waals surface area contributed by atoms with E-state index in [1.807, 2.05) is 0 Å². The molecule has 2 aliphatic rings. The highest BCUT2D eigenvalue weighted by atomic mass is 35.5. The van der Waals surface area contributed by atoms with E-state index in [9.17, 15) is 13.2 Å². The largest absolute Gasteiger partial charge is 0.336 e. The summed E-state index contributed by atoms with van der Waals surface area (Å²) in [6.07, 6.45) is 3.57. The molecule has 0 saturated carbocycles. The molecule has 3 rings (SSSR count). The number of rotatable bonds is 8. The third-order valence-electron chi connectivity index (χ3n) is 6.08. The molecule has 1 atom stereocenters. The summed E-state index contributed by atoms with van der Waals surface area (Å²) in [4.78, 5) is 17.3. The van der Waals surface area contributed by atoms with Crippen LogP contribution in [0.25, 0.3) is 0 Å². The van der Waals surface area contributed by atoms with E-state index in [0.717, 1.165) is 19.5 Å². The molecule has 0 aliphatic carbocycles. The number of likely N-dealkylation sites (tertiary alicyclic amines) is 1. The highest BCUT2D eigenvalue weighted by Gasteiger charge is 2.27. The van der Waals surface area contributed by atoms with E-state index in [-0.39, 0.29) is 18.2 Å². The molecule has 1 amide bonds. The summed E-state index contributed by atoms with van der Waals surface area (Å²) in [5, 5.41) is 3.56. The first-order valence-electron chi connectivity index (χ1n) is 10.8. The van der Waals surface area contributed by atoms with Crippen molar-refractivity contribution in [3.05, 3.63) is 34.9 Å².